The fourth-order valence-electron chi connectivity index (χ4n) is 3.48. The van der Waals surface area contributed by atoms with Gasteiger partial charge in [0, 0.05) is 29.5 Å². The topological polar surface area (TPSA) is 80.9 Å². The van der Waals surface area contributed by atoms with Crippen molar-refractivity contribution in [2.45, 2.75) is 39.5 Å². The van der Waals surface area contributed by atoms with Crippen LogP contribution >= 0.6 is 11.3 Å². The molecule has 0 aliphatic rings. The summed E-state index contributed by atoms with van der Waals surface area (Å²) < 4.78 is 5.30. The number of carbonyl (C=O) groups is 1. The normalized spacial score (nSPS) is 11.3. The number of anilines is 1. The van der Waals surface area contributed by atoms with Crippen molar-refractivity contribution in [3.05, 3.63) is 58.9 Å². The Hall–Kier alpha value is -3.06. The quantitative estimate of drug-likeness (QED) is 0.467. The van der Waals surface area contributed by atoms with Gasteiger partial charge in [0.25, 0.3) is 0 Å². The van der Waals surface area contributed by atoms with E-state index < -0.39 is 0 Å². The second-order valence-corrected chi connectivity index (χ2v) is 8.14. The summed E-state index contributed by atoms with van der Waals surface area (Å²) in [7, 11) is 0. The van der Waals surface area contributed by atoms with Gasteiger partial charge in [0.2, 0.25) is 17.6 Å². The van der Waals surface area contributed by atoms with Crippen molar-refractivity contribution in [2.75, 3.05) is 5.32 Å². The number of aryl methyl sites for hydroxylation is 2. The van der Waals surface area contributed by atoms with E-state index in [-0.39, 0.29) is 18.2 Å². The SMILES string of the molecule is Cc1nc2ccccc2c(NC(=O)CCc2nc(-c3cccs3)no2)c1C(C)C. The molecule has 7 heteroatoms. The molecule has 0 spiro atoms. The second kappa shape index (κ2) is 8.13. The maximum Gasteiger partial charge on any atom is 0.227 e. The Bertz CT molecular complexity index is 1150. The van der Waals surface area contributed by atoms with Gasteiger partial charge in [-0.05, 0) is 30.4 Å². The summed E-state index contributed by atoms with van der Waals surface area (Å²) in [5.41, 5.74) is 3.72. The van der Waals surface area contributed by atoms with Crippen molar-refractivity contribution in [2.24, 2.45) is 0 Å². The lowest BCUT2D eigenvalue weighted by Crippen LogP contribution is -2.16. The van der Waals surface area contributed by atoms with Crippen molar-refractivity contribution in [3.8, 4) is 10.7 Å². The van der Waals surface area contributed by atoms with Crippen LogP contribution in [0, 0.1) is 6.92 Å². The van der Waals surface area contributed by atoms with Gasteiger partial charge in [-0.3, -0.25) is 9.78 Å². The average molecular weight is 407 g/mol. The Morgan fingerprint density at radius 2 is 2.00 bits per heavy atom. The summed E-state index contributed by atoms with van der Waals surface area (Å²) in [5, 5.41) is 10.0. The van der Waals surface area contributed by atoms with Crippen LogP contribution in [0.25, 0.3) is 21.6 Å². The molecule has 0 unspecified atom stereocenters. The van der Waals surface area contributed by atoms with Gasteiger partial charge in [-0.25, -0.2) is 0 Å². The standard InChI is InChI=1S/C22H22N4O2S/c1-13(2)20-14(3)23-16-8-5-4-7-15(16)21(20)24-18(27)10-11-19-25-22(26-28-19)17-9-6-12-29-17/h4-9,12-13H,10-11H2,1-3H3,(H,23,24,27). The first-order valence-corrected chi connectivity index (χ1v) is 10.5. The van der Waals surface area contributed by atoms with Gasteiger partial charge in [0.1, 0.15) is 0 Å². The summed E-state index contributed by atoms with van der Waals surface area (Å²) in [6.07, 6.45) is 0.655. The number of carbonyl (C=O) groups excluding carboxylic acids is 1. The van der Waals surface area contributed by atoms with Crippen LogP contribution in [0.1, 0.15) is 43.3 Å². The Labute approximate surface area is 173 Å². The number of hydrogen-bond acceptors (Lipinski definition) is 6. The summed E-state index contributed by atoms with van der Waals surface area (Å²) in [4.78, 5) is 22.8. The molecule has 1 aromatic carbocycles. The van der Waals surface area contributed by atoms with E-state index in [1.807, 2.05) is 48.7 Å². The lowest BCUT2D eigenvalue weighted by molar-refractivity contribution is -0.116. The fraction of sp³-hybridized carbons (Fsp3) is 0.273. The highest BCUT2D eigenvalue weighted by Gasteiger charge is 2.18. The Balaban J connectivity index is 1.53. The Morgan fingerprint density at radius 3 is 2.76 bits per heavy atom. The number of fused-ring (bicyclic) bond motifs is 1. The van der Waals surface area contributed by atoms with E-state index in [0.29, 0.717) is 18.1 Å². The largest absolute Gasteiger partial charge is 0.339 e. The smallest absolute Gasteiger partial charge is 0.227 e. The van der Waals surface area contributed by atoms with Crippen molar-refractivity contribution in [3.63, 3.8) is 0 Å². The third-order valence-electron chi connectivity index (χ3n) is 4.74. The summed E-state index contributed by atoms with van der Waals surface area (Å²) in [5.74, 6) is 1.18. The van der Waals surface area contributed by atoms with E-state index >= 15 is 0 Å². The molecule has 4 rings (SSSR count). The van der Waals surface area contributed by atoms with Crippen molar-refractivity contribution in [1.82, 2.24) is 15.1 Å². The van der Waals surface area contributed by atoms with Gasteiger partial charge in [-0.1, -0.05) is 43.3 Å². The van der Waals surface area contributed by atoms with E-state index in [9.17, 15) is 4.79 Å². The van der Waals surface area contributed by atoms with Gasteiger partial charge < -0.3 is 9.84 Å². The predicted octanol–water partition coefficient (Wildman–Crippen LogP) is 5.35. The zero-order chi connectivity index (χ0) is 20.4. The molecular weight excluding hydrogens is 384 g/mol. The van der Waals surface area contributed by atoms with Gasteiger partial charge in [-0.15, -0.1) is 11.3 Å². The van der Waals surface area contributed by atoms with Crippen LogP contribution in [-0.4, -0.2) is 21.0 Å². The minimum absolute atomic E-state index is 0.0847. The van der Waals surface area contributed by atoms with Crippen LogP contribution in [0.2, 0.25) is 0 Å². The molecule has 0 bridgehead atoms. The van der Waals surface area contributed by atoms with Crippen LogP contribution in [0.15, 0.2) is 46.3 Å². The summed E-state index contributed by atoms with van der Waals surface area (Å²) >= 11 is 1.55. The minimum atomic E-state index is -0.0847. The van der Waals surface area contributed by atoms with E-state index in [2.05, 4.69) is 29.3 Å². The number of rotatable bonds is 6. The van der Waals surface area contributed by atoms with Crippen molar-refractivity contribution < 1.29 is 9.32 Å². The zero-order valence-electron chi connectivity index (χ0n) is 16.6. The van der Waals surface area contributed by atoms with Gasteiger partial charge >= 0.3 is 0 Å². The molecule has 1 amide bonds. The number of amides is 1. The highest BCUT2D eigenvalue weighted by Crippen LogP contribution is 2.33. The fourth-order valence-corrected chi connectivity index (χ4v) is 4.12. The number of benzene rings is 1. The van der Waals surface area contributed by atoms with Crippen LogP contribution < -0.4 is 5.32 Å². The highest BCUT2D eigenvalue weighted by molar-refractivity contribution is 7.13. The zero-order valence-corrected chi connectivity index (χ0v) is 17.4. The number of thiophene rings is 1. The van der Waals surface area contributed by atoms with Crippen LogP contribution in [-0.2, 0) is 11.2 Å². The molecule has 1 N–H and O–H groups in total. The van der Waals surface area contributed by atoms with Gasteiger partial charge in [0.15, 0.2) is 0 Å². The molecule has 29 heavy (non-hydrogen) atoms. The number of nitrogens with zero attached hydrogens (tertiary/aromatic N) is 3. The predicted molar refractivity (Wildman–Crippen MR) is 115 cm³/mol. The second-order valence-electron chi connectivity index (χ2n) is 7.19. The molecule has 0 saturated heterocycles. The van der Waals surface area contributed by atoms with Crippen molar-refractivity contribution in [1.29, 1.82) is 0 Å². The molecule has 0 aliphatic heterocycles. The lowest BCUT2D eigenvalue weighted by atomic mass is 9.96. The molecule has 0 fully saturated rings. The number of para-hydroxylation sites is 1. The van der Waals surface area contributed by atoms with E-state index in [0.717, 1.165) is 32.7 Å². The van der Waals surface area contributed by atoms with Crippen LogP contribution in [0.5, 0.6) is 0 Å². The van der Waals surface area contributed by atoms with Gasteiger partial charge in [0.05, 0.1) is 16.1 Å². The summed E-state index contributed by atoms with van der Waals surface area (Å²) in [6, 6.07) is 11.8. The van der Waals surface area contributed by atoms with E-state index in [1.54, 1.807) is 11.3 Å². The first-order chi connectivity index (χ1) is 14.0. The number of nitrogens with one attached hydrogen (secondary N) is 1. The van der Waals surface area contributed by atoms with E-state index in [1.165, 1.54) is 0 Å². The molecule has 148 valence electrons. The molecular formula is C22H22N4O2S. The van der Waals surface area contributed by atoms with Crippen LogP contribution in [0.4, 0.5) is 5.69 Å². The third-order valence-corrected chi connectivity index (χ3v) is 5.60. The molecule has 0 aliphatic carbocycles. The first kappa shape index (κ1) is 19.3. The lowest BCUT2D eigenvalue weighted by Gasteiger charge is -2.18. The maximum absolute atomic E-state index is 12.7. The summed E-state index contributed by atoms with van der Waals surface area (Å²) in [6.45, 7) is 6.21. The average Bonchev–Trinajstić information content (AvgIpc) is 3.37. The minimum Gasteiger partial charge on any atom is -0.339 e. The highest BCUT2D eigenvalue weighted by atomic mass is 32.1. The maximum atomic E-state index is 12.7. The van der Waals surface area contributed by atoms with Crippen molar-refractivity contribution >= 4 is 33.8 Å². The Morgan fingerprint density at radius 1 is 1.17 bits per heavy atom. The molecule has 4 aromatic rings. The number of aromatic nitrogens is 3. The molecule has 0 radical (unpaired) electrons. The number of pyridine rings is 1. The molecule has 0 saturated carbocycles. The first-order valence-electron chi connectivity index (χ1n) is 9.58. The molecule has 3 aromatic heterocycles. The van der Waals surface area contributed by atoms with E-state index in [4.69, 9.17) is 9.51 Å². The Kier molecular flexibility index (Phi) is 5.40. The van der Waals surface area contributed by atoms with Gasteiger partial charge in [-0.2, -0.15) is 4.98 Å². The molecule has 3 heterocycles. The third kappa shape index (κ3) is 4.05. The number of hydrogen-bond donors (Lipinski definition) is 1. The molecule has 0 atom stereocenters. The molecule has 6 nitrogen and oxygen atoms in total. The monoisotopic (exact) mass is 406 g/mol. The van der Waals surface area contributed by atoms with Crippen LogP contribution in [0.3, 0.4) is 0 Å².